The Bertz CT molecular complexity index is 567. The summed E-state index contributed by atoms with van der Waals surface area (Å²) >= 11 is 6.61. The molecule has 3 unspecified atom stereocenters. The lowest BCUT2D eigenvalue weighted by molar-refractivity contribution is 0.414. The molecule has 0 spiro atoms. The number of ether oxygens (including phenoxy) is 1. The van der Waals surface area contributed by atoms with Crippen LogP contribution in [-0.4, -0.2) is 12.5 Å². The molecule has 104 valence electrons. The molecular weight excluding hydrogens is 268 g/mol. The van der Waals surface area contributed by atoms with Gasteiger partial charge >= 0.3 is 0 Å². The molecule has 1 fully saturated rings. The largest absolute Gasteiger partial charge is 0.497 e. The Morgan fingerprint density at radius 2 is 1.95 bits per heavy atom. The van der Waals surface area contributed by atoms with E-state index in [0.717, 1.165) is 12.2 Å². The number of alkyl halides is 1. The summed E-state index contributed by atoms with van der Waals surface area (Å²) in [5.41, 5.74) is 2.68. The zero-order chi connectivity index (χ0) is 13.9. The van der Waals surface area contributed by atoms with E-state index in [1.165, 1.54) is 17.5 Å². The average Bonchev–Trinajstić information content (AvgIpc) is 3.29. The molecule has 0 aromatic heterocycles. The molecule has 3 rings (SSSR count). The van der Waals surface area contributed by atoms with Gasteiger partial charge in [0.25, 0.3) is 0 Å². The van der Waals surface area contributed by atoms with E-state index in [0.29, 0.717) is 11.8 Å². The monoisotopic (exact) mass is 286 g/mol. The first-order valence-corrected chi connectivity index (χ1v) is 7.53. The Morgan fingerprint density at radius 1 is 1.15 bits per heavy atom. The third-order valence-corrected chi connectivity index (χ3v) is 4.57. The van der Waals surface area contributed by atoms with Crippen molar-refractivity contribution in [3.05, 3.63) is 65.7 Å². The lowest BCUT2D eigenvalue weighted by atomic mass is 10.0. The van der Waals surface area contributed by atoms with E-state index in [1.807, 2.05) is 12.1 Å². The number of hydrogen-bond donors (Lipinski definition) is 0. The normalized spacial score (nSPS) is 22.3. The molecule has 2 aromatic rings. The van der Waals surface area contributed by atoms with Crippen molar-refractivity contribution in [1.29, 1.82) is 0 Å². The molecule has 1 aliphatic carbocycles. The molecule has 0 radical (unpaired) electrons. The van der Waals surface area contributed by atoms with Crippen LogP contribution in [0.5, 0.6) is 5.75 Å². The first-order chi connectivity index (χ1) is 9.78. The summed E-state index contributed by atoms with van der Waals surface area (Å²) in [4.78, 5) is 0. The summed E-state index contributed by atoms with van der Waals surface area (Å²) < 4.78 is 5.26. The van der Waals surface area contributed by atoms with Gasteiger partial charge in [0.2, 0.25) is 0 Å². The van der Waals surface area contributed by atoms with Gasteiger partial charge in [-0.3, -0.25) is 0 Å². The molecule has 0 N–H and O–H groups in total. The summed E-state index contributed by atoms with van der Waals surface area (Å²) in [5.74, 6) is 2.15. The number of benzene rings is 2. The van der Waals surface area contributed by atoms with Crippen LogP contribution in [0.25, 0.3) is 0 Å². The van der Waals surface area contributed by atoms with Crippen LogP contribution in [0.1, 0.15) is 23.5 Å². The zero-order valence-electron chi connectivity index (χ0n) is 11.6. The summed E-state index contributed by atoms with van der Waals surface area (Å²) in [6.07, 6.45) is 2.12. The third kappa shape index (κ3) is 2.99. The lowest BCUT2D eigenvalue weighted by Crippen LogP contribution is -2.07. The van der Waals surface area contributed by atoms with Gasteiger partial charge in [0.05, 0.1) is 7.11 Å². The van der Waals surface area contributed by atoms with Crippen molar-refractivity contribution in [2.24, 2.45) is 5.92 Å². The van der Waals surface area contributed by atoms with Crippen molar-refractivity contribution in [3.63, 3.8) is 0 Å². The molecule has 0 aliphatic heterocycles. The van der Waals surface area contributed by atoms with Gasteiger partial charge in [-0.25, -0.2) is 0 Å². The second-order valence-corrected chi connectivity index (χ2v) is 6.05. The molecule has 0 saturated heterocycles. The van der Waals surface area contributed by atoms with E-state index in [4.69, 9.17) is 16.3 Å². The highest BCUT2D eigenvalue weighted by atomic mass is 35.5. The highest BCUT2D eigenvalue weighted by molar-refractivity contribution is 6.21. The fourth-order valence-electron chi connectivity index (χ4n) is 2.87. The fraction of sp³-hybridized carbons (Fsp3) is 0.333. The predicted octanol–water partition coefficient (Wildman–Crippen LogP) is 4.65. The van der Waals surface area contributed by atoms with E-state index in [-0.39, 0.29) is 5.38 Å². The van der Waals surface area contributed by atoms with Crippen molar-refractivity contribution in [1.82, 2.24) is 0 Å². The van der Waals surface area contributed by atoms with Crippen LogP contribution in [0, 0.1) is 5.92 Å². The second kappa shape index (κ2) is 5.88. The maximum atomic E-state index is 6.61. The van der Waals surface area contributed by atoms with E-state index in [2.05, 4.69) is 42.5 Å². The molecular formula is C18H19ClO. The summed E-state index contributed by atoms with van der Waals surface area (Å²) in [5, 5.41) is 0.201. The Hall–Kier alpha value is -1.47. The first-order valence-electron chi connectivity index (χ1n) is 7.10. The van der Waals surface area contributed by atoms with Crippen LogP contribution in [0.2, 0.25) is 0 Å². The lowest BCUT2D eigenvalue weighted by Gasteiger charge is -2.10. The topological polar surface area (TPSA) is 9.23 Å². The second-order valence-electron chi connectivity index (χ2n) is 5.49. The van der Waals surface area contributed by atoms with Crippen molar-refractivity contribution < 1.29 is 4.74 Å². The summed E-state index contributed by atoms with van der Waals surface area (Å²) in [6, 6.07) is 18.9. The molecule has 3 atom stereocenters. The molecule has 1 saturated carbocycles. The van der Waals surface area contributed by atoms with Gasteiger partial charge in [0.15, 0.2) is 0 Å². The smallest absolute Gasteiger partial charge is 0.119 e. The maximum absolute atomic E-state index is 6.61. The number of rotatable bonds is 5. The van der Waals surface area contributed by atoms with Gasteiger partial charge < -0.3 is 4.74 Å². The van der Waals surface area contributed by atoms with Gasteiger partial charge in [-0.2, -0.15) is 0 Å². The minimum Gasteiger partial charge on any atom is -0.497 e. The van der Waals surface area contributed by atoms with Crippen LogP contribution in [0.15, 0.2) is 54.6 Å². The Balaban J connectivity index is 1.62. The van der Waals surface area contributed by atoms with Crippen molar-refractivity contribution >= 4 is 11.6 Å². The molecule has 20 heavy (non-hydrogen) atoms. The molecule has 0 bridgehead atoms. The SMILES string of the molecule is COc1cccc(CC(Cl)C2CC2c2ccccc2)c1. The number of methoxy groups -OCH3 is 1. The van der Waals surface area contributed by atoms with Crippen molar-refractivity contribution in [2.45, 2.75) is 24.1 Å². The van der Waals surface area contributed by atoms with Crippen LogP contribution in [0.4, 0.5) is 0 Å². The van der Waals surface area contributed by atoms with Crippen LogP contribution in [-0.2, 0) is 6.42 Å². The van der Waals surface area contributed by atoms with Crippen LogP contribution < -0.4 is 4.74 Å². The third-order valence-electron chi connectivity index (χ3n) is 4.10. The van der Waals surface area contributed by atoms with Crippen molar-refractivity contribution in [2.75, 3.05) is 7.11 Å². The summed E-state index contributed by atoms with van der Waals surface area (Å²) in [6.45, 7) is 0. The van der Waals surface area contributed by atoms with Crippen molar-refractivity contribution in [3.8, 4) is 5.75 Å². The molecule has 2 aromatic carbocycles. The van der Waals surface area contributed by atoms with Gasteiger partial charge in [-0.15, -0.1) is 11.6 Å². The molecule has 1 nitrogen and oxygen atoms in total. The highest BCUT2D eigenvalue weighted by Gasteiger charge is 2.42. The Kier molecular flexibility index (Phi) is 3.98. The zero-order valence-corrected chi connectivity index (χ0v) is 12.4. The minimum absolute atomic E-state index is 0.201. The number of hydrogen-bond acceptors (Lipinski definition) is 1. The average molecular weight is 287 g/mol. The van der Waals surface area contributed by atoms with Gasteiger partial charge in [0, 0.05) is 5.38 Å². The first kappa shape index (κ1) is 13.5. The standard InChI is InChI=1S/C18H19ClO/c1-20-15-9-5-6-13(10-15)11-18(19)17-12-16(17)14-7-3-2-4-8-14/h2-10,16-18H,11-12H2,1H3. The Morgan fingerprint density at radius 3 is 2.70 bits per heavy atom. The molecule has 2 heteroatoms. The van der Waals surface area contributed by atoms with Crippen LogP contribution in [0.3, 0.4) is 0 Å². The minimum atomic E-state index is 0.201. The van der Waals surface area contributed by atoms with Gasteiger partial charge in [0.1, 0.15) is 5.75 Å². The quantitative estimate of drug-likeness (QED) is 0.727. The summed E-state index contributed by atoms with van der Waals surface area (Å²) in [7, 11) is 1.70. The van der Waals surface area contributed by atoms with Crippen LogP contribution >= 0.6 is 11.6 Å². The highest BCUT2D eigenvalue weighted by Crippen LogP contribution is 2.51. The molecule has 0 heterocycles. The van der Waals surface area contributed by atoms with E-state index in [9.17, 15) is 0 Å². The maximum Gasteiger partial charge on any atom is 0.119 e. The van der Waals surface area contributed by atoms with Gasteiger partial charge in [-0.05, 0) is 47.9 Å². The molecule has 1 aliphatic rings. The fourth-order valence-corrected chi connectivity index (χ4v) is 3.33. The predicted molar refractivity (Wildman–Crippen MR) is 83.6 cm³/mol. The number of halogens is 1. The van der Waals surface area contributed by atoms with E-state index >= 15 is 0 Å². The van der Waals surface area contributed by atoms with E-state index in [1.54, 1.807) is 7.11 Å². The van der Waals surface area contributed by atoms with E-state index < -0.39 is 0 Å². The Labute approximate surface area is 125 Å². The molecule has 0 amide bonds. The van der Waals surface area contributed by atoms with Gasteiger partial charge in [-0.1, -0.05) is 42.5 Å².